The smallest absolute Gasteiger partial charge is 0.0342 e. The Labute approximate surface area is 77.2 Å². The lowest BCUT2D eigenvalue weighted by atomic mass is 10.1. The largest absolute Gasteiger partial charge is 0.144 e. The summed E-state index contributed by atoms with van der Waals surface area (Å²) in [6, 6.07) is 4.27. The molecule has 0 fully saturated rings. The van der Waals surface area contributed by atoms with Gasteiger partial charge in [-0.2, -0.15) is 0 Å². The quantitative estimate of drug-likeness (QED) is 0.610. The van der Waals surface area contributed by atoms with Gasteiger partial charge < -0.3 is 0 Å². The van der Waals surface area contributed by atoms with Crippen molar-refractivity contribution in [1.82, 2.24) is 0 Å². The van der Waals surface area contributed by atoms with E-state index in [1.54, 1.807) is 11.3 Å². The van der Waals surface area contributed by atoms with E-state index in [0.717, 1.165) is 0 Å². The van der Waals surface area contributed by atoms with Gasteiger partial charge in [0.1, 0.15) is 0 Å². The SMILES string of the molecule is CC1=CC(c2cccs2)=C(C)[CH]1. The maximum Gasteiger partial charge on any atom is 0.0342 e. The fourth-order valence-electron chi connectivity index (χ4n) is 1.50. The third-order valence-electron chi connectivity index (χ3n) is 2.03. The molecule has 1 aliphatic carbocycles. The van der Waals surface area contributed by atoms with Crippen LogP contribution in [0.5, 0.6) is 0 Å². The molecule has 0 saturated heterocycles. The Morgan fingerprint density at radius 1 is 1.25 bits per heavy atom. The fraction of sp³-hybridized carbons (Fsp3) is 0.182. The Hall–Kier alpha value is -0.820. The molecule has 0 unspecified atom stereocenters. The zero-order chi connectivity index (χ0) is 8.55. The fourth-order valence-corrected chi connectivity index (χ4v) is 2.31. The van der Waals surface area contributed by atoms with Gasteiger partial charge in [-0.1, -0.05) is 23.3 Å². The number of hydrogen-bond acceptors (Lipinski definition) is 1. The predicted octanol–water partition coefficient (Wildman–Crippen LogP) is 3.69. The highest BCUT2D eigenvalue weighted by Crippen LogP contribution is 2.33. The van der Waals surface area contributed by atoms with Gasteiger partial charge in [-0.25, -0.2) is 0 Å². The van der Waals surface area contributed by atoms with E-state index < -0.39 is 0 Å². The minimum atomic E-state index is 1.36. The van der Waals surface area contributed by atoms with Crippen molar-refractivity contribution in [3.63, 3.8) is 0 Å². The highest BCUT2D eigenvalue weighted by Gasteiger charge is 2.11. The van der Waals surface area contributed by atoms with E-state index in [1.807, 2.05) is 0 Å². The number of hydrogen-bond donors (Lipinski definition) is 0. The second-order valence-corrected chi connectivity index (χ2v) is 4.05. The van der Waals surface area contributed by atoms with Gasteiger partial charge in [-0.05, 0) is 30.9 Å². The van der Waals surface area contributed by atoms with Gasteiger partial charge >= 0.3 is 0 Å². The van der Waals surface area contributed by atoms with Gasteiger partial charge in [0.15, 0.2) is 0 Å². The summed E-state index contributed by atoms with van der Waals surface area (Å²) in [4.78, 5) is 1.38. The van der Waals surface area contributed by atoms with Crippen molar-refractivity contribution in [3.05, 3.63) is 46.0 Å². The van der Waals surface area contributed by atoms with Crippen molar-refractivity contribution in [2.75, 3.05) is 0 Å². The molecule has 0 amide bonds. The third-order valence-corrected chi connectivity index (χ3v) is 2.93. The molecule has 1 heterocycles. The average molecular weight is 175 g/mol. The van der Waals surface area contributed by atoms with E-state index in [-0.39, 0.29) is 0 Å². The summed E-state index contributed by atoms with van der Waals surface area (Å²) in [6.07, 6.45) is 4.48. The lowest BCUT2D eigenvalue weighted by Crippen LogP contribution is -1.75. The van der Waals surface area contributed by atoms with Crippen molar-refractivity contribution >= 4 is 16.9 Å². The maximum atomic E-state index is 2.25. The van der Waals surface area contributed by atoms with E-state index in [2.05, 4.69) is 43.9 Å². The molecule has 0 atom stereocenters. The molecule has 1 aliphatic rings. The highest BCUT2D eigenvalue weighted by atomic mass is 32.1. The van der Waals surface area contributed by atoms with Crippen LogP contribution in [0.3, 0.4) is 0 Å². The molecule has 0 bridgehead atoms. The van der Waals surface area contributed by atoms with Gasteiger partial charge in [0, 0.05) is 11.3 Å². The van der Waals surface area contributed by atoms with Crippen molar-refractivity contribution in [2.24, 2.45) is 0 Å². The Bertz CT molecular complexity index is 339. The van der Waals surface area contributed by atoms with Gasteiger partial charge in [-0.15, -0.1) is 11.3 Å². The highest BCUT2D eigenvalue weighted by molar-refractivity contribution is 7.11. The minimum Gasteiger partial charge on any atom is -0.144 e. The summed E-state index contributed by atoms with van der Waals surface area (Å²) >= 11 is 1.80. The summed E-state index contributed by atoms with van der Waals surface area (Å²) in [5, 5.41) is 2.12. The van der Waals surface area contributed by atoms with Gasteiger partial charge in [0.2, 0.25) is 0 Å². The summed E-state index contributed by atoms with van der Waals surface area (Å²) in [5.74, 6) is 0. The first-order valence-corrected chi connectivity index (χ1v) is 4.93. The molecule has 0 spiro atoms. The molecule has 1 heteroatoms. The normalized spacial score (nSPS) is 17.0. The zero-order valence-corrected chi connectivity index (χ0v) is 8.11. The number of allylic oxidation sites excluding steroid dienone is 4. The molecule has 1 radical (unpaired) electrons. The van der Waals surface area contributed by atoms with Crippen LogP contribution in [0.4, 0.5) is 0 Å². The van der Waals surface area contributed by atoms with Crippen LogP contribution in [0.1, 0.15) is 18.7 Å². The van der Waals surface area contributed by atoms with Crippen LogP contribution >= 0.6 is 11.3 Å². The molecule has 2 rings (SSSR count). The van der Waals surface area contributed by atoms with Crippen LogP contribution in [-0.4, -0.2) is 0 Å². The molecule has 0 aromatic carbocycles. The lowest BCUT2D eigenvalue weighted by molar-refractivity contribution is 1.39. The van der Waals surface area contributed by atoms with Crippen LogP contribution < -0.4 is 0 Å². The first-order valence-electron chi connectivity index (χ1n) is 4.05. The third kappa shape index (κ3) is 1.25. The Morgan fingerprint density at radius 2 is 2.08 bits per heavy atom. The molecule has 0 aliphatic heterocycles. The van der Waals surface area contributed by atoms with Crippen LogP contribution in [0, 0.1) is 6.42 Å². The monoisotopic (exact) mass is 175 g/mol. The standard InChI is InChI=1S/C11H11S/c1-8-6-9(2)10(7-8)11-4-3-5-12-11/h3-7H,1-2H3. The summed E-state index contributed by atoms with van der Waals surface area (Å²) in [7, 11) is 0. The van der Waals surface area contributed by atoms with Crippen molar-refractivity contribution in [1.29, 1.82) is 0 Å². The molecular weight excluding hydrogens is 164 g/mol. The predicted molar refractivity (Wildman–Crippen MR) is 55.0 cm³/mol. The first-order chi connectivity index (χ1) is 5.77. The van der Waals surface area contributed by atoms with Crippen molar-refractivity contribution in [3.8, 4) is 0 Å². The van der Waals surface area contributed by atoms with E-state index >= 15 is 0 Å². The molecule has 0 saturated carbocycles. The molecule has 1 aromatic heterocycles. The van der Waals surface area contributed by atoms with Crippen molar-refractivity contribution in [2.45, 2.75) is 13.8 Å². The van der Waals surface area contributed by atoms with Crippen LogP contribution in [-0.2, 0) is 0 Å². The molecule has 61 valence electrons. The van der Waals surface area contributed by atoms with E-state index in [1.165, 1.54) is 21.6 Å². The van der Waals surface area contributed by atoms with Gasteiger partial charge in [0.05, 0.1) is 0 Å². The second-order valence-electron chi connectivity index (χ2n) is 3.11. The van der Waals surface area contributed by atoms with Gasteiger partial charge in [0.25, 0.3) is 0 Å². The zero-order valence-electron chi connectivity index (χ0n) is 7.29. The summed E-state index contributed by atoms with van der Waals surface area (Å²) in [6.45, 7) is 4.31. The van der Waals surface area contributed by atoms with Gasteiger partial charge in [-0.3, -0.25) is 0 Å². The molecule has 0 nitrogen and oxygen atoms in total. The van der Waals surface area contributed by atoms with E-state index in [4.69, 9.17) is 0 Å². The van der Waals surface area contributed by atoms with Crippen LogP contribution in [0.15, 0.2) is 34.7 Å². The average Bonchev–Trinajstić information content (AvgIpc) is 2.58. The molecular formula is C11H11S. The lowest BCUT2D eigenvalue weighted by Gasteiger charge is -1.96. The second kappa shape index (κ2) is 2.91. The summed E-state index contributed by atoms with van der Waals surface area (Å²) < 4.78 is 0. The number of rotatable bonds is 1. The van der Waals surface area contributed by atoms with Crippen molar-refractivity contribution < 1.29 is 0 Å². The van der Waals surface area contributed by atoms with Crippen LogP contribution in [0.2, 0.25) is 0 Å². The Balaban J connectivity index is 2.42. The molecule has 12 heavy (non-hydrogen) atoms. The Kier molecular flexibility index (Phi) is 1.89. The van der Waals surface area contributed by atoms with Crippen LogP contribution in [0.25, 0.3) is 5.57 Å². The minimum absolute atomic E-state index is 1.36. The number of thiophene rings is 1. The van der Waals surface area contributed by atoms with E-state index in [0.29, 0.717) is 0 Å². The maximum absolute atomic E-state index is 2.25. The molecule has 0 N–H and O–H groups in total. The topological polar surface area (TPSA) is 0 Å². The molecule has 1 aromatic rings. The Morgan fingerprint density at radius 3 is 2.58 bits per heavy atom. The van der Waals surface area contributed by atoms with E-state index in [9.17, 15) is 0 Å². The summed E-state index contributed by atoms with van der Waals surface area (Å²) in [5.41, 5.74) is 4.13. The first kappa shape index (κ1) is 7.81.